The quantitative estimate of drug-likeness (QED) is 0.804. The Kier molecular flexibility index (Phi) is 4.70. The van der Waals surface area contributed by atoms with Gasteiger partial charge in [-0.25, -0.2) is 4.79 Å². The van der Waals surface area contributed by atoms with E-state index in [0.29, 0.717) is 30.3 Å². The molecule has 1 fully saturated rings. The summed E-state index contributed by atoms with van der Waals surface area (Å²) in [5.41, 5.74) is 0.492. The van der Waals surface area contributed by atoms with Crippen molar-refractivity contribution in [2.75, 3.05) is 13.2 Å². The van der Waals surface area contributed by atoms with Crippen LogP contribution in [0.2, 0.25) is 5.02 Å². The van der Waals surface area contributed by atoms with Crippen molar-refractivity contribution in [1.29, 1.82) is 0 Å². The van der Waals surface area contributed by atoms with Crippen LogP contribution in [0.15, 0.2) is 12.3 Å². The van der Waals surface area contributed by atoms with E-state index < -0.39 is 6.04 Å². The van der Waals surface area contributed by atoms with Gasteiger partial charge < -0.3 is 14.2 Å². The van der Waals surface area contributed by atoms with E-state index in [4.69, 9.17) is 16.3 Å². The molecular formula is C14H19ClN2O3. The SMILES string of the molecule is CCOC(=O)C1CCCCN1C(=O)c1cc(Cl)cn1C. The van der Waals surface area contributed by atoms with Gasteiger partial charge >= 0.3 is 5.97 Å². The minimum absolute atomic E-state index is 0.169. The molecule has 1 aliphatic rings. The summed E-state index contributed by atoms with van der Waals surface area (Å²) in [7, 11) is 1.77. The maximum atomic E-state index is 12.6. The topological polar surface area (TPSA) is 51.5 Å². The number of carbonyl (C=O) groups is 2. The summed E-state index contributed by atoms with van der Waals surface area (Å²) in [5.74, 6) is -0.488. The van der Waals surface area contributed by atoms with E-state index in [-0.39, 0.29) is 11.9 Å². The number of hydrogen-bond donors (Lipinski definition) is 0. The van der Waals surface area contributed by atoms with Crippen LogP contribution in [0.1, 0.15) is 36.7 Å². The van der Waals surface area contributed by atoms with Crippen LogP contribution >= 0.6 is 11.6 Å². The van der Waals surface area contributed by atoms with Gasteiger partial charge in [-0.2, -0.15) is 0 Å². The van der Waals surface area contributed by atoms with Crippen LogP contribution in [-0.4, -0.2) is 40.5 Å². The minimum atomic E-state index is -0.482. The first-order valence-electron chi connectivity index (χ1n) is 6.84. The second-order valence-electron chi connectivity index (χ2n) is 4.92. The molecule has 1 aromatic heterocycles. The first-order chi connectivity index (χ1) is 9.54. The summed E-state index contributed by atoms with van der Waals surface area (Å²) in [6, 6.07) is 1.14. The molecule has 0 N–H and O–H groups in total. The summed E-state index contributed by atoms with van der Waals surface area (Å²) >= 11 is 5.91. The number of hydrogen-bond acceptors (Lipinski definition) is 3. The lowest BCUT2D eigenvalue weighted by Gasteiger charge is -2.34. The smallest absolute Gasteiger partial charge is 0.328 e. The van der Waals surface area contributed by atoms with Crippen molar-refractivity contribution in [1.82, 2.24) is 9.47 Å². The molecule has 6 heteroatoms. The molecule has 2 heterocycles. The van der Waals surface area contributed by atoms with Gasteiger partial charge in [0.05, 0.1) is 11.6 Å². The van der Waals surface area contributed by atoms with Crippen molar-refractivity contribution < 1.29 is 14.3 Å². The molecule has 0 bridgehead atoms. The van der Waals surface area contributed by atoms with Crippen LogP contribution in [0.5, 0.6) is 0 Å². The van der Waals surface area contributed by atoms with Crippen LogP contribution in [-0.2, 0) is 16.6 Å². The van der Waals surface area contributed by atoms with Crippen LogP contribution in [0.4, 0.5) is 0 Å². The van der Waals surface area contributed by atoms with E-state index in [2.05, 4.69) is 0 Å². The molecule has 1 aromatic rings. The normalized spacial score (nSPS) is 18.9. The van der Waals surface area contributed by atoms with Gasteiger partial charge in [-0.1, -0.05) is 11.6 Å². The van der Waals surface area contributed by atoms with Gasteiger partial charge in [0.2, 0.25) is 0 Å². The van der Waals surface area contributed by atoms with Crippen LogP contribution in [0, 0.1) is 0 Å². The average molecular weight is 299 g/mol. The summed E-state index contributed by atoms with van der Waals surface area (Å²) < 4.78 is 6.75. The molecule has 0 spiro atoms. The third-order valence-electron chi connectivity index (χ3n) is 3.51. The second kappa shape index (κ2) is 6.31. The van der Waals surface area contributed by atoms with Crippen molar-refractivity contribution in [3.8, 4) is 0 Å². The standard InChI is InChI=1S/C14H19ClN2O3/c1-3-20-14(19)11-6-4-5-7-17(11)13(18)12-8-10(15)9-16(12)2/h8-9,11H,3-7H2,1-2H3. The Balaban J connectivity index is 2.21. The van der Waals surface area contributed by atoms with E-state index in [1.807, 2.05) is 0 Å². The van der Waals surface area contributed by atoms with E-state index >= 15 is 0 Å². The highest BCUT2D eigenvalue weighted by molar-refractivity contribution is 6.31. The molecule has 1 saturated heterocycles. The fourth-order valence-corrected chi connectivity index (χ4v) is 2.79. The molecule has 110 valence electrons. The van der Waals surface area contributed by atoms with Gasteiger partial charge in [0.15, 0.2) is 0 Å². The fraction of sp³-hybridized carbons (Fsp3) is 0.571. The van der Waals surface area contributed by atoms with Crippen molar-refractivity contribution in [2.45, 2.75) is 32.2 Å². The Morgan fingerprint density at radius 2 is 2.20 bits per heavy atom. The number of rotatable bonds is 3. The van der Waals surface area contributed by atoms with Gasteiger partial charge in [0, 0.05) is 19.8 Å². The van der Waals surface area contributed by atoms with E-state index in [1.54, 1.807) is 35.7 Å². The Hall–Kier alpha value is -1.49. The molecule has 0 aromatic carbocycles. The monoisotopic (exact) mass is 298 g/mol. The van der Waals surface area contributed by atoms with Crippen LogP contribution < -0.4 is 0 Å². The molecule has 1 atom stereocenters. The lowest BCUT2D eigenvalue weighted by molar-refractivity contribution is -0.149. The van der Waals surface area contributed by atoms with Crippen molar-refractivity contribution >= 4 is 23.5 Å². The molecule has 0 aliphatic carbocycles. The number of carbonyl (C=O) groups excluding carboxylic acids is 2. The van der Waals surface area contributed by atoms with Crippen molar-refractivity contribution in [3.05, 3.63) is 23.0 Å². The Morgan fingerprint density at radius 3 is 2.80 bits per heavy atom. The van der Waals surface area contributed by atoms with E-state index in [1.165, 1.54) is 0 Å². The van der Waals surface area contributed by atoms with Gasteiger partial charge in [-0.05, 0) is 32.3 Å². The van der Waals surface area contributed by atoms with Gasteiger partial charge in [0.25, 0.3) is 5.91 Å². The molecule has 0 saturated carbocycles. The highest BCUT2D eigenvalue weighted by atomic mass is 35.5. The molecule has 0 radical (unpaired) electrons. The molecular weight excluding hydrogens is 280 g/mol. The molecule has 1 unspecified atom stereocenters. The second-order valence-corrected chi connectivity index (χ2v) is 5.35. The Labute approximate surface area is 123 Å². The van der Waals surface area contributed by atoms with Gasteiger partial charge in [0.1, 0.15) is 11.7 Å². The van der Waals surface area contributed by atoms with Gasteiger partial charge in [-0.3, -0.25) is 4.79 Å². The number of amides is 1. The predicted molar refractivity (Wildman–Crippen MR) is 75.7 cm³/mol. The maximum absolute atomic E-state index is 12.6. The van der Waals surface area contributed by atoms with E-state index in [0.717, 1.165) is 12.8 Å². The summed E-state index contributed by atoms with van der Waals surface area (Å²) in [6.45, 7) is 2.67. The number of aromatic nitrogens is 1. The number of ether oxygens (including phenoxy) is 1. The molecule has 20 heavy (non-hydrogen) atoms. The predicted octanol–water partition coefficient (Wildman–Crippen LogP) is 2.24. The first-order valence-corrected chi connectivity index (χ1v) is 7.22. The molecule has 5 nitrogen and oxygen atoms in total. The van der Waals surface area contributed by atoms with Crippen LogP contribution in [0.3, 0.4) is 0 Å². The minimum Gasteiger partial charge on any atom is -0.464 e. The molecule has 2 rings (SSSR count). The number of nitrogens with zero attached hydrogens (tertiary/aromatic N) is 2. The molecule has 1 aliphatic heterocycles. The highest BCUT2D eigenvalue weighted by Gasteiger charge is 2.34. The zero-order valence-corrected chi connectivity index (χ0v) is 12.5. The average Bonchev–Trinajstić information content (AvgIpc) is 2.77. The number of esters is 1. The van der Waals surface area contributed by atoms with Crippen molar-refractivity contribution in [3.63, 3.8) is 0 Å². The largest absolute Gasteiger partial charge is 0.464 e. The van der Waals surface area contributed by atoms with Crippen LogP contribution in [0.25, 0.3) is 0 Å². The maximum Gasteiger partial charge on any atom is 0.328 e. The molecule has 1 amide bonds. The summed E-state index contributed by atoms with van der Waals surface area (Å²) in [4.78, 5) is 26.2. The van der Waals surface area contributed by atoms with Gasteiger partial charge in [-0.15, -0.1) is 0 Å². The highest BCUT2D eigenvalue weighted by Crippen LogP contribution is 2.22. The third-order valence-corrected chi connectivity index (χ3v) is 3.72. The fourth-order valence-electron chi connectivity index (χ4n) is 2.54. The number of halogens is 1. The zero-order chi connectivity index (χ0) is 14.7. The summed E-state index contributed by atoms with van der Waals surface area (Å²) in [6.07, 6.45) is 4.17. The summed E-state index contributed by atoms with van der Waals surface area (Å²) in [5, 5.41) is 0.514. The first kappa shape index (κ1) is 14.9. The zero-order valence-electron chi connectivity index (χ0n) is 11.8. The third kappa shape index (κ3) is 2.98. The number of piperidine rings is 1. The van der Waals surface area contributed by atoms with E-state index in [9.17, 15) is 9.59 Å². The number of aryl methyl sites for hydroxylation is 1. The number of likely N-dealkylation sites (tertiary alicyclic amines) is 1. The van der Waals surface area contributed by atoms with Crippen molar-refractivity contribution in [2.24, 2.45) is 7.05 Å². The Bertz CT molecular complexity index is 513. The lowest BCUT2D eigenvalue weighted by Crippen LogP contribution is -2.49. The Morgan fingerprint density at radius 1 is 1.45 bits per heavy atom. The lowest BCUT2D eigenvalue weighted by atomic mass is 10.0.